The Labute approximate surface area is 196 Å². The first kappa shape index (κ1) is 21.9. The molecule has 32 heavy (non-hydrogen) atoms. The van der Waals surface area contributed by atoms with E-state index in [0.29, 0.717) is 39.3 Å². The Morgan fingerprint density at radius 3 is 2.31 bits per heavy atom. The van der Waals surface area contributed by atoms with Gasteiger partial charge in [-0.2, -0.15) is 0 Å². The Kier molecular flexibility index (Phi) is 4.32. The third kappa shape index (κ3) is 2.44. The SMILES string of the molecule is CC1(C)CC[C@@]23CC[C@]4(C)[C@H](CCC5C6(C=CC(=O)C(C)(C)C6CC[C@]54C)COC2)[C@H]3C1. The van der Waals surface area contributed by atoms with Crippen LogP contribution in [-0.2, 0) is 9.53 Å². The molecule has 5 aliphatic carbocycles. The number of fused-ring (bicyclic) bond motifs is 4. The van der Waals surface area contributed by atoms with Gasteiger partial charge in [0.05, 0.1) is 13.2 Å². The quantitative estimate of drug-likeness (QED) is 0.399. The molecule has 0 radical (unpaired) electrons. The molecule has 0 aromatic carbocycles. The maximum atomic E-state index is 13.0. The fraction of sp³-hybridized carbons (Fsp3) is 0.900. The first-order valence-corrected chi connectivity index (χ1v) is 13.7. The summed E-state index contributed by atoms with van der Waals surface area (Å²) in [5.41, 5.74) is 1.41. The molecule has 2 aliphatic heterocycles. The predicted octanol–water partition coefficient (Wildman–Crippen LogP) is 7.22. The number of carbonyl (C=O) groups excluding carboxylic acids is 1. The maximum absolute atomic E-state index is 13.0. The summed E-state index contributed by atoms with van der Waals surface area (Å²) in [4.78, 5) is 13.0. The molecule has 178 valence electrons. The zero-order chi connectivity index (χ0) is 22.8. The summed E-state index contributed by atoms with van der Waals surface area (Å²) in [5.74, 6) is 3.07. The van der Waals surface area contributed by atoms with Crippen molar-refractivity contribution in [2.45, 2.75) is 99.3 Å². The highest BCUT2D eigenvalue weighted by molar-refractivity contribution is 5.95. The zero-order valence-electron chi connectivity index (χ0n) is 21.6. The van der Waals surface area contributed by atoms with Crippen molar-refractivity contribution in [2.24, 2.45) is 56.2 Å². The van der Waals surface area contributed by atoms with Crippen LogP contribution in [0.25, 0.3) is 0 Å². The van der Waals surface area contributed by atoms with Crippen molar-refractivity contribution in [3.8, 4) is 0 Å². The van der Waals surface area contributed by atoms with Gasteiger partial charge in [0.15, 0.2) is 5.78 Å². The van der Waals surface area contributed by atoms with Gasteiger partial charge in [0.25, 0.3) is 0 Å². The molecule has 4 saturated carbocycles. The standard InChI is InChI=1S/C30H46O2/c1-25(2)13-15-29-16-14-27(5)20(21(29)17-25)7-8-23-28(27,6)11-9-22-26(3,4)24(31)10-12-30(22,23)19-32-18-29/h10,12,20-23H,7-9,11,13-19H2,1-6H3/t20-,21-,22?,23?,27-,28-,29-,30?/m1/s1. The fourth-order valence-electron chi connectivity index (χ4n) is 11.1. The van der Waals surface area contributed by atoms with Crippen LogP contribution in [0.4, 0.5) is 0 Å². The molecule has 8 atom stereocenters. The molecule has 6 fully saturated rings. The number of hydrogen-bond acceptors (Lipinski definition) is 2. The highest BCUT2D eigenvalue weighted by atomic mass is 16.5. The summed E-state index contributed by atoms with van der Waals surface area (Å²) in [6.07, 6.45) is 16.4. The Hall–Kier alpha value is -0.630. The monoisotopic (exact) mass is 438 g/mol. The predicted molar refractivity (Wildman–Crippen MR) is 129 cm³/mol. The van der Waals surface area contributed by atoms with E-state index in [0.717, 1.165) is 25.0 Å². The molecule has 0 amide bonds. The van der Waals surface area contributed by atoms with Crippen molar-refractivity contribution in [2.75, 3.05) is 13.2 Å². The first-order valence-electron chi connectivity index (χ1n) is 13.7. The van der Waals surface area contributed by atoms with Gasteiger partial charge < -0.3 is 4.74 Å². The fourth-order valence-corrected chi connectivity index (χ4v) is 11.1. The highest BCUT2D eigenvalue weighted by Gasteiger charge is 2.71. The van der Waals surface area contributed by atoms with Gasteiger partial charge in [0, 0.05) is 10.8 Å². The lowest BCUT2D eigenvalue weighted by Crippen LogP contribution is -2.69. The number of carbonyl (C=O) groups is 1. The minimum absolute atomic E-state index is 0.0376. The largest absolute Gasteiger partial charge is 0.380 e. The summed E-state index contributed by atoms with van der Waals surface area (Å²) in [6.45, 7) is 16.7. The normalized spacial score (nSPS) is 55.2. The molecule has 2 heteroatoms. The number of rotatable bonds is 0. The minimum Gasteiger partial charge on any atom is -0.380 e. The van der Waals surface area contributed by atoms with Crippen LogP contribution in [0.15, 0.2) is 12.2 Å². The zero-order valence-corrected chi connectivity index (χ0v) is 21.6. The Balaban J connectivity index is 1.52. The Bertz CT molecular complexity index is 868. The molecule has 6 bridgehead atoms. The molecule has 0 N–H and O–H groups in total. The van der Waals surface area contributed by atoms with E-state index in [1.165, 1.54) is 57.8 Å². The average molecular weight is 439 g/mol. The van der Waals surface area contributed by atoms with Gasteiger partial charge in [-0.3, -0.25) is 4.79 Å². The number of hydrogen-bond donors (Lipinski definition) is 0. The van der Waals surface area contributed by atoms with E-state index in [1.807, 2.05) is 6.08 Å². The topological polar surface area (TPSA) is 26.3 Å². The molecular formula is C30H46O2. The second-order valence-electron chi connectivity index (χ2n) is 15.0. The van der Waals surface area contributed by atoms with Crippen molar-refractivity contribution in [1.82, 2.24) is 0 Å². The third-order valence-electron chi connectivity index (χ3n) is 13.2. The van der Waals surface area contributed by atoms with E-state index >= 15 is 0 Å². The smallest absolute Gasteiger partial charge is 0.161 e. The maximum Gasteiger partial charge on any atom is 0.161 e. The minimum atomic E-state index is -0.268. The van der Waals surface area contributed by atoms with E-state index < -0.39 is 0 Å². The van der Waals surface area contributed by atoms with Crippen LogP contribution in [0.1, 0.15) is 99.3 Å². The summed E-state index contributed by atoms with van der Waals surface area (Å²) in [7, 11) is 0. The molecule has 7 aliphatic rings. The molecule has 7 rings (SSSR count). The molecule has 0 aromatic rings. The van der Waals surface area contributed by atoms with Crippen molar-refractivity contribution < 1.29 is 9.53 Å². The van der Waals surface area contributed by atoms with Crippen molar-refractivity contribution in [3.63, 3.8) is 0 Å². The van der Waals surface area contributed by atoms with E-state index in [-0.39, 0.29) is 10.8 Å². The summed E-state index contributed by atoms with van der Waals surface area (Å²) in [6, 6.07) is 0. The lowest BCUT2D eigenvalue weighted by molar-refractivity contribution is -0.264. The van der Waals surface area contributed by atoms with E-state index in [4.69, 9.17) is 4.74 Å². The molecule has 2 nitrogen and oxygen atoms in total. The molecule has 3 unspecified atom stereocenters. The van der Waals surface area contributed by atoms with E-state index in [9.17, 15) is 4.79 Å². The van der Waals surface area contributed by atoms with Crippen LogP contribution in [0, 0.1) is 56.2 Å². The molecule has 2 saturated heterocycles. The average Bonchev–Trinajstić information content (AvgIpc) is 2.71. The van der Waals surface area contributed by atoms with Gasteiger partial charge >= 0.3 is 0 Å². The number of allylic oxidation sites excluding steroid dienone is 1. The van der Waals surface area contributed by atoms with Crippen LogP contribution < -0.4 is 0 Å². The van der Waals surface area contributed by atoms with Gasteiger partial charge in [-0.1, -0.05) is 47.6 Å². The van der Waals surface area contributed by atoms with Crippen LogP contribution in [0.2, 0.25) is 0 Å². The summed E-state index contributed by atoms with van der Waals surface area (Å²) >= 11 is 0. The van der Waals surface area contributed by atoms with E-state index in [2.05, 4.69) is 47.6 Å². The van der Waals surface area contributed by atoms with Crippen molar-refractivity contribution >= 4 is 5.78 Å². The lowest BCUT2D eigenvalue weighted by Gasteiger charge is -2.74. The van der Waals surface area contributed by atoms with Crippen LogP contribution >= 0.6 is 0 Å². The third-order valence-corrected chi connectivity index (χ3v) is 13.2. The second kappa shape index (κ2) is 6.32. The van der Waals surface area contributed by atoms with Gasteiger partial charge in [-0.25, -0.2) is 0 Å². The highest BCUT2D eigenvalue weighted by Crippen LogP contribution is 2.76. The summed E-state index contributed by atoms with van der Waals surface area (Å²) in [5, 5.41) is 0. The van der Waals surface area contributed by atoms with Crippen molar-refractivity contribution in [3.05, 3.63) is 12.2 Å². The summed E-state index contributed by atoms with van der Waals surface area (Å²) < 4.78 is 6.91. The van der Waals surface area contributed by atoms with Crippen LogP contribution in [-0.4, -0.2) is 19.0 Å². The van der Waals surface area contributed by atoms with Crippen molar-refractivity contribution in [1.29, 1.82) is 0 Å². The second-order valence-corrected chi connectivity index (χ2v) is 15.0. The molecule has 2 spiro atoms. The van der Waals surface area contributed by atoms with Gasteiger partial charge in [0.1, 0.15) is 0 Å². The Morgan fingerprint density at radius 1 is 0.781 bits per heavy atom. The van der Waals surface area contributed by atoms with Crippen LogP contribution in [0.3, 0.4) is 0 Å². The Morgan fingerprint density at radius 2 is 1.53 bits per heavy atom. The molecule has 0 aromatic heterocycles. The van der Waals surface area contributed by atoms with Crippen LogP contribution in [0.5, 0.6) is 0 Å². The molecular weight excluding hydrogens is 392 g/mol. The molecule has 2 heterocycles. The number of ether oxygens (including phenoxy) is 1. The first-order chi connectivity index (χ1) is 14.9. The number of ketones is 1. The van der Waals surface area contributed by atoms with Gasteiger partial charge in [0.2, 0.25) is 0 Å². The van der Waals surface area contributed by atoms with Gasteiger partial charge in [-0.05, 0) is 109 Å². The van der Waals surface area contributed by atoms with E-state index in [1.54, 1.807) is 0 Å². The van der Waals surface area contributed by atoms with Gasteiger partial charge in [-0.15, -0.1) is 0 Å². The lowest BCUT2D eigenvalue weighted by atomic mass is 9.31.